The predicted molar refractivity (Wildman–Crippen MR) is 90.6 cm³/mol. The number of carbonyl (C=O) groups excluding carboxylic acids is 1. The SMILES string of the molecule is O=C(NC[C@@H](c1ccc(Cl)cc1)N1CCCCC1)N1CC(O)C1. The van der Waals surface area contributed by atoms with Crippen LogP contribution in [0.4, 0.5) is 4.79 Å². The van der Waals surface area contributed by atoms with Crippen molar-refractivity contribution in [1.82, 2.24) is 15.1 Å². The van der Waals surface area contributed by atoms with Crippen LogP contribution in [0.1, 0.15) is 30.9 Å². The van der Waals surface area contributed by atoms with Crippen molar-refractivity contribution in [3.63, 3.8) is 0 Å². The number of piperidine rings is 1. The van der Waals surface area contributed by atoms with Crippen molar-refractivity contribution >= 4 is 17.6 Å². The molecule has 1 aromatic rings. The number of likely N-dealkylation sites (tertiary alicyclic amines) is 2. The van der Waals surface area contributed by atoms with Crippen LogP contribution in [0.15, 0.2) is 24.3 Å². The number of aliphatic hydroxyl groups is 1. The number of carbonyl (C=O) groups is 1. The molecule has 0 unspecified atom stereocenters. The third-order valence-corrected chi connectivity index (χ3v) is 4.93. The second-order valence-electron chi connectivity index (χ2n) is 6.41. The van der Waals surface area contributed by atoms with Gasteiger partial charge in [0, 0.05) is 11.6 Å². The van der Waals surface area contributed by atoms with Gasteiger partial charge < -0.3 is 15.3 Å². The number of nitrogens with zero attached hydrogens (tertiary/aromatic N) is 2. The molecular formula is C17H24ClN3O2. The zero-order valence-electron chi connectivity index (χ0n) is 13.2. The van der Waals surface area contributed by atoms with Gasteiger partial charge in [-0.1, -0.05) is 30.2 Å². The summed E-state index contributed by atoms with van der Waals surface area (Å²) in [5.74, 6) is 0. The number of amides is 2. The van der Waals surface area contributed by atoms with Gasteiger partial charge in [0.15, 0.2) is 0 Å². The molecule has 23 heavy (non-hydrogen) atoms. The number of benzene rings is 1. The van der Waals surface area contributed by atoms with E-state index in [9.17, 15) is 9.90 Å². The summed E-state index contributed by atoms with van der Waals surface area (Å²) < 4.78 is 0. The first-order valence-corrected chi connectivity index (χ1v) is 8.71. The van der Waals surface area contributed by atoms with Crippen molar-refractivity contribution in [3.8, 4) is 0 Å². The lowest BCUT2D eigenvalue weighted by atomic mass is 10.0. The van der Waals surface area contributed by atoms with Gasteiger partial charge in [0.05, 0.1) is 25.2 Å². The molecule has 2 aliphatic heterocycles. The molecule has 6 heteroatoms. The zero-order valence-corrected chi connectivity index (χ0v) is 14.0. The predicted octanol–water partition coefficient (Wildman–Crippen LogP) is 2.25. The molecule has 2 aliphatic rings. The number of rotatable bonds is 4. The number of urea groups is 1. The fourth-order valence-electron chi connectivity index (χ4n) is 3.29. The molecule has 0 radical (unpaired) electrons. The quantitative estimate of drug-likeness (QED) is 0.886. The minimum atomic E-state index is -0.366. The second kappa shape index (κ2) is 7.51. The number of aliphatic hydroxyl groups excluding tert-OH is 1. The highest BCUT2D eigenvalue weighted by molar-refractivity contribution is 6.30. The van der Waals surface area contributed by atoms with Crippen LogP contribution in [0.5, 0.6) is 0 Å². The Kier molecular flexibility index (Phi) is 5.41. The Morgan fingerprint density at radius 3 is 2.48 bits per heavy atom. The van der Waals surface area contributed by atoms with Crippen molar-refractivity contribution in [2.45, 2.75) is 31.4 Å². The smallest absolute Gasteiger partial charge is 0.317 e. The van der Waals surface area contributed by atoms with E-state index in [4.69, 9.17) is 11.6 Å². The van der Waals surface area contributed by atoms with Crippen LogP contribution in [0, 0.1) is 0 Å². The molecule has 2 fully saturated rings. The third kappa shape index (κ3) is 4.16. The topological polar surface area (TPSA) is 55.8 Å². The molecule has 0 spiro atoms. The van der Waals surface area contributed by atoms with Crippen LogP contribution < -0.4 is 5.32 Å². The summed E-state index contributed by atoms with van der Waals surface area (Å²) in [5, 5.41) is 13.1. The van der Waals surface area contributed by atoms with E-state index >= 15 is 0 Å². The van der Waals surface area contributed by atoms with E-state index in [1.54, 1.807) is 4.90 Å². The van der Waals surface area contributed by atoms with Crippen LogP contribution in [0.3, 0.4) is 0 Å². The summed E-state index contributed by atoms with van der Waals surface area (Å²) in [6, 6.07) is 7.97. The minimum absolute atomic E-state index is 0.0914. The molecule has 126 valence electrons. The van der Waals surface area contributed by atoms with Gasteiger partial charge in [-0.15, -0.1) is 0 Å². The Morgan fingerprint density at radius 2 is 1.87 bits per heavy atom. The standard InChI is InChI=1S/C17H24ClN3O2/c18-14-6-4-13(5-7-14)16(20-8-2-1-3-9-20)10-19-17(23)21-11-15(22)12-21/h4-7,15-16,22H,1-3,8-12H2,(H,19,23)/t16-/m0/s1. The molecule has 2 N–H and O–H groups in total. The third-order valence-electron chi connectivity index (χ3n) is 4.68. The van der Waals surface area contributed by atoms with Gasteiger partial charge >= 0.3 is 6.03 Å². The summed E-state index contributed by atoms with van der Waals surface area (Å²) in [6.45, 7) is 3.56. The molecule has 1 atom stereocenters. The molecule has 5 nitrogen and oxygen atoms in total. The van der Waals surface area contributed by atoms with Gasteiger partial charge in [-0.25, -0.2) is 4.79 Å². The van der Waals surface area contributed by atoms with E-state index < -0.39 is 0 Å². The number of halogens is 1. The Hall–Kier alpha value is -1.30. The molecule has 3 rings (SSSR count). The first-order valence-electron chi connectivity index (χ1n) is 8.34. The normalized spacial score (nSPS) is 20.9. The van der Waals surface area contributed by atoms with E-state index in [1.165, 1.54) is 24.8 Å². The maximum absolute atomic E-state index is 12.1. The lowest BCUT2D eigenvalue weighted by Crippen LogP contribution is -2.57. The number of nitrogens with one attached hydrogen (secondary N) is 1. The van der Waals surface area contributed by atoms with Gasteiger partial charge in [-0.3, -0.25) is 4.90 Å². The minimum Gasteiger partial charge on any atom is -0.389 e. The van der Waals surface area contributed by atoms with Crippen LogP contribution in [0.25, 0.3) is 0 Å². The van der Waals surface area contributed by atoms with Gasteiger partial charge in [-0.2, -0.15) is 0 Å². The fraction of sp³-hybridized carbons (Fsp3) is 0.588. The molecule has 1 aromatic carbocycles. The lowest BCUT2D eigenvalue weighted by molar-refractivity contribution is 0.0259. The summed E-state index contributed by atoms with van der Waals surface area (Å²) in [5.41, 5.74) is 1.18. The summed E-state index contributed by atoms with van der Waals surface area (Å²) >= 11 is 6.00. The highest BCUT2D eigenvalue weighted by atomic mass is 35.5. The first kappa shape index (κ1) is 16.6. The molecule has 2 saturated heterocycles. The van der Waals surface area contributed by atoms with E-state index in [0.29, 0.717) is 19.6 Å². The van der Waals surface area contributed by atoms with E-state index in [0.717, 1.165) is 18.1 Å². The Balaban J connectivity index is 1.64. The molecular weight excluding hydrogens is 314 g/mol. The number of hydrogen-bond donors (Lipinski definition) is 2. The largest absolute Gasteiger partial charge is 0.389 e. The van der Waals surface area contributed by atoms with Crippen molar-refractivity contribution in [2.75, 3.05) is 32.7 Å². The monoisotopic (exact) mass is 337 g/mol. The van der Waals surface area contributed by atoms with Gasteiger partial charge in [0.25, 0.3) is 0 Å². The highest BCUT2D eigenvalue weighted by Gasteiger charge is 2.30. The van der Waals surface area contributed by atoms with E-state index in [1.807, 2.05) is 24.3 Å². The molecule has 0 saturated carbocycles. The zero-order chi connectivity index (χ0) is 16.2. The van der Waals surface area contributed by atoms with Gasteiger partial charge in [-0.05, 0) is 43.6 Å². The Bertz CT molecular complexity index is 525. The molecule has 0 aliphatic carbocycles. The number of β-amino-alcohol motifs (C(OH)–C–C–N with tert-alkyl or cyclic N) is 1. The van der Waals surface area contributed by atoms with Gasteiger partial charge in [0.1, 0.15) is 0 Å². The van der Waals surface area contributed by atoms with Crippen LogP contribution in [0.2, 0.25) is 5.02 Å². The Morgan fingerprint density at radius 1 is 1.22 bits per heavy atom. The van der Waals surface area contributed by atoms with Crippen molar-refractivity contribution < 1.29 is 9.90 Å². The van der Waals surface area contributed by atoms with Crippen molar-refractivity contribution in [2.24, 2.45) is 0 Å². The maximum atomic E-state index is 12.1. The average molecular weight is 338 g/mol. The van der Waals surface area contributed by atoms with E-state index in [-0.39, 0.29) is 18.2 Å². The van der Waals surface area contributed by atoms with Crippen molar-refractivity contribution in [1.29, 1.82) is 0 Å². The number of hydrogen-bond acceptors (Lipinski definition) is 3. The van der Waals surface area contributed by atoms with E-state index in [2.05, 4.69) is 10.2 Å². The van der Waals surface area contributed by atoms with Crippen molar-refractivity contribution in [3.05, 3.63) is 34.9 Å². The van der Waals surface area contributed by atoms with Crippen LogP contribution in [-0.2, 0) is 0 Å². The first-order chi connectivity index (χ1) is 11.1. The summed E-state index contributed by atoms with van der Waals surface area (Å²) in [7, 11) is 0. The highest BCUT2D eigenvalue weighted by Crippen LogP contribution is 2.25. The molecule has 0 bridgehead atoms. The summed E-state index contributed by atoms with van der Waals surface area (Å²) in [6.07, 6.45) is 3.32. The van der Waals surface area contributed by atoms with Crippen LogP contribution >= 0.6 is 11.6 Å². The Labute approximate surface area is 142 Å². The molecule has 2 heterocycles. The summed E-state index contributed by atoms with van der Waals surface area (Å²) in [4.78, 5) is 16.2. The maximum Gasteiger partial charge on any atom is 0.317 e. The molecule has 0 aromatic heterocycles. The lowest BCUT2D eigenvalue weighted by Gasteiger charge is -2.38. The fourth-order valence-corrected chi connectivity index (χ4v) is 3.42. The average Bonchev–Trinajstić information content (AvgIpc) is 2.54. The second-order valence-corrected chi connectivity index (χ2v) is 6.85. The molecule has 2 amide bonds. The van der Waals surface area contributed by atoms with Gasteiger partial charge in [0.2, 0.25) is 0 Å². The van der Waals surface area contributed by atoms with Crippen LogP contribution in [-0.4, -0.2) is 59.8 Å².